The van der Waals surface area contributed by atoms with Gasteiger partial charge >= 0.3 is 12.1 Å². The number of likely N-dealkylation sites (tertiary alicyclic amines) is 1. The van der Waals surface area contributed by atoms with E-state index in [-0.39, 0.29) is 78.5 Å². The van der Waals surface area contributed by atoms with Crippen LogP contribution in [0.15, 0.2) is 48.5 Å². The van der Waals surface area contributed by atoms with Crippen LogP contribution in [-0.2, 0) is 68.7 Å². The largest absolute Gasteiger partial charge is 0.479 e. The Hall–Kier alpha value is -7.38. The predicted molar refractivity (Wildman–Crippen MR) is 369 cm³/mol. The normalized spacial score (nSPS) is 20.7. The molecule has 0 saturated carbocycles. The number of nitrogens with zero attached hydrogens (tertiary/aromatic N) is 3. The number of Topliss-reactive ketones (excluding diaryl/α,β-unsaturated/α-hetero) is 1. The SMILES string of the molecule is CC[C@H](C)[C@@H]([C@@H](CC(=O)N1CCC[C@H]1C[C@@H](C)C(=O)N[C@H](C)[C@@H](O)c1ccccc1)OC)N(C)C(=O)[C@@H](NC(=O)[C@H](C(C)C)N(C)C(=O)OCc1ccc(NC(=O)[C@H](C)NC(=O)[C@@H](NC(=O)CCOCCNCCC(=O)C(C)C)C(C)C)c(O[C@@H]2O[C@H](C(=O)O)[C@@H](O)[C@H](O)[C@H]2O)c1)C(C)C. The van der Waals surface area contributed by atoms with Gasteiger partial charge < -0.3 is 90.9 Å². The highest BCUT2D eigenvalue weighted by Crippen LogP contribution is 2.33. The van der Waals surface area contributed by atoms with E-state index in [0.29, 0.717) is 50.9 Å². The van der Waals surface area contributed by atoms with Crippen molar-refractivity contribution in [2.24, 2.45) is 35.5 Å². The van der Waals surface area contributed by atoms with Crippen molar-refractivity contribution >= 4 is 64.9 Å². The standard InChI is InChI=1S/C71H113N9O20/c1-17-42(10)58(52(96-16)36-54(83)80-31-21-24-48(80)34-43(11)64(88)73-44(12)59(84)47-22-19-18-20-23-47)78(14)68(92)56(40(6)7)77-67(91)57(41(8)9)79(15)71(95)98-37-46-25-26-49(51(35-46)99-70-62(87)60(85)61(86)63(100-70)69(93)94)75-65(89)45(13)74-66(90)55(39(4)5)76-53(82)28-32-97-33-30-72-29-27-50(81)38(2)3/h18-20,22-23,25-26,35,38-45,48,52,55-63,70,72,84-87H,17,21,24,27-34,36-37H2,1-16H3,(H,73,88)(H,74,90)(H,75,89)(H,76,82)(H,77,91)(H,93,94)/t42-,43+,44+,45-,48-,52+,55-,56-,57-,58-,59+,60-,61-,62+,63-,70+/m0/s1. The molecule has 4 rings (SSSR count). The van der Waals surface area contributed by atoms with Gasteiger partial charge in [0.15, 0.2) is 6.10 Å². The fourth-order valence-corrected chi connectivity index (χ4v) is 12.1. The number of hydrogen-bond acceptors (Lipinski definition) is 20. The molecule has 2 aliphatic heterocycles. The first-order valence-corrected chi connectivity index (χ1v) is 34.8. The molecule has 29 nitrogen and oxygen atoms in total. The number of carboxylic acid groups (broad SMARTS) is 1. The number of aliphatic hydroxyl groups is 4. The Labute approximate surface area is 588 Å². The molecule has 16 atom stereocenters. The number of benzene rings is 2. The highest BCUT2D eigenvalue weighted by molar-refractivity contribution is 5.99. The zero-order chi connectivity index (χ0) is 75.0. The quantitative estimate of drug-likeness (QED) is 0.0426. The number of likely N-dealkylation sites (N-methyl/N-ethyl adjacent to an activating group) is 2. The second kappa shape index (κ2) is 40.9. The van der Waals surface area contributed by atoms with Crippen molar-refractivity contribution in [3.05, 3.63) is 59.7 Å². The van der Waals surface area contributed by atoms with Crippen LogP contribution in [0.1, 0.15) is 152 Å². The minimum Gasteiger partial charge on any atom is -0.479 e. The summed E-state index contributed by atoms with van der Waals surface area (Å²) < 4.78 is 28.6. The third-order valence-electron chi connectivity index (χ3n) is 18.5. The Morgan fingerprint density at radius 2 is 1.38 bits per heavy atom. The van der Waals surface area contributed by atoms with Crippen LogP contribution < -0.4 is 36.6 Å². The maximum Gasteiger partial charge on any atom is 0.410 e. The van der Waals surface area contributed by atoms with Crippen molar-refractivity contribution in [2.75, 3.05) is 59.4 Å². The number of ketones is 1. The zero-order valence-electron chi connectivity index (χ0n) is 61.1. The number of anilines is 1. The van der Waals surface area contributed by atoms with Crippen LogP contribution in [0.3, 0.4) is 0 Å². The molecule has 2 aliphatic rings. The third kappa shape index (κ3) is 24.7. The lowest BCUT2D eigenvalue weighted by Gasteiger charge is -2.40. The summed E-state index contributed by atoms with van der Waals surface area (Å²) in [5.41, 5.74) is 0.690. The molecule has 562 valence electrons. The molecule has 0 spiro atoms. The molecule has 2 heterocycles. The second-order valence-corrected chi connectivity index (χ2v) is 27.7. The van der Waals surface area contributed by atoms with Crippen LogP contribution in [0.25, 0.3) is 0 Å². The number of amides is 8. The van der Waals surface area contributed by atoms with Gasteiger partial charge in [-0.15, -0.1) is 0 Å². The molecule has 100 heavy (non-hydrogen) atoms. The molecule has 2 saturated heterocycles. The number of nitrogens with one attached hydrogen (secondary N) is 6. The number of aliphatic carboxylic acids is 1. The highest BCUT2D eigenvalue weighted by atomic mass is 16.7. The van der Waals surface area contributed by atoms with Crippen LogP contribution >= 0.6 is 0 Å². The average molecular weight is 1410 g/mol. The molecule has 0 radical (unpaired) electrons. The number of carbonyl (C=O) groups is 10. The third-order valence-corrected chi connectivity index (χ3v) is 18.5. The lowest BCUT2D eigenvalue weighted by atomic mass is 9.89. The summed E-state index contributed by atoms with van der Waals surface area (Å²) in [6.45, 7) is 24.0. The van der Waals surface area contributed by atoms with E-state index >= 15 is 0 Å². The van der Waals surface area contributed by atoms with Gasteiger partial charge in [0, 0.05) is 71.6 Å². The Bertz CT molecular complexity index is 3010. The minimum absolute atomic E-state index is 0.0514. The van der Waals surface area contributed by atoms with Crippen molar-refractivity contribution in [1.29, 1.82) is 0 Å². The molecule has 2 aromatic rings. The first-order valence-electron chi connectivity index (χ1n) is 34.8. The Morgan fingerprint density at radius 3 is 1.98 bits per heavy atom. The summed E-state index contributed by atoms with van der Waals surface area (Å²) in [5, 5.41) is 69.5. The lowest BCUT2D eigenvalue weighted by Crippen LogP contribution is -2.61. The zero-order valence-corrected chi connectivity index (χ0v) is 61.1. The Morgan fingerprint density at radius 1 is 0.720 bits per heavy atom. The molecule has 0 aromatic heterocycles. The van der Waals surface area contributed by atoms with E-state index in [0.717, 1.165) is 11.3 Å². The van der Waals surface area contributed by atoms with Gasteiger partial charge in [0.2, 0.25) is 47.6 Å². The summed E-state index contributed by atoms with van der Waals surface area (Å²) in [7, 11) is 4.43. The summed E-state index contributed by atoms with van der Waals surface area (Å²) in [5.74, 6) is -7.71. The van der Waals surface area contributed by atoms with Crippen molar-refractivity contribution in [1.82, 2.24) is 41.3 Å². The van der Waals surface area contributed by atoms with E-state index < -0.39 is 151 Å². The van der Waals surface area contributed by atoms with Crippen molar-refractivity contribution < 1.29 is 97.2 Å². The number of hydrogen-bond donors (Lipinski definition) is 11. The first-order chi connectivity index (χ1) is 47.1. The maximum absolute atomic E-state index is 14.9. The second-order valence-electron chi connectivity index (χ2n) is 27.7. The summed E-state index contributed by atoms with van der Waals surface area (Å²) >= 11 is 0. The van der Waals surface area contributed by atoms with Gasteiger partial charge in [-0.05, 0) is 80.0 Å². The fraction of sp³-hybridized carbons (Fsp3) is 0.690. The van der Waals surface area contributed by atoms with E-state index in [4.69, 9.17) is 23.7 Å². The monoisotopic (exact) mass is 1410 g/mol. The number of carboxylic acids is 1. The van der Waals surface area contributed by atoms with Crippen molar-refractivity contribution in [3.8, 4) is 5.75 Å². The van der Waals surface area contributed by atoms with Crippen LogP contribution in [0.4, 0.5) is 10.5 Å². The molecule has 0 unspecified atom stereocenters. The smallest absolute Gasteiger partial charge is 0.410 e. The van der Waals surface area contributed by atoms with E-state index in [1.807, 2.05) is 45.9 Å². The van der Waals surface area contributed by atoms with E-state index in [9.17, 15) is 73.5 Å². The molecule has 11 N–H and O–H groups in total. The van der Waals surface area contributed by atoms with Gasteiger partial charge in [0.1, 0.15) is 60.6 Å². The number of rotatable bonds is 40. The lowest BCUT2D eigenvalue weighted by molar-refractivity contribution is -0.271. The van der Waals surface area contributed by atoms with Crippen LogP contribution in [0, 0.1) is 35.5 Å². The van der Waals surface area contributed by atoms with Gasteiger partial charge in [-0.2, -0.15) is 0 Å². The van der Waals surface area contributed by atoms with Crippen LogP contribution in [0.2, 0.25) is 0 Å². The maximum atomic E-state index is 14.9. The molecule has 2 aromatic carbocycles. The molecule has 0 bridgehead atoms. The first kappa shape index (κ1) is 85.0. The highest BCUT2D eigenvalue weighted by Gasteiger charge is 2.49. The molecular weight excluding hydrogens is 1300 g/mol. The molecular formula is C71H113N9O20. The van der Waals surface area contributed by atoms with Crippen molar-refractivity contribution in [3.63, 3.8) is 0 Å². The summed E-state index contributed by atoms with van der Waals surface area (Å²) in [4.78, 5) is 140. The molecule has 29 heteroatoms. The van der Waals surface area contributed by atoms with E-state index in [1.54, 1.807) is 79.5 Å². The van der Waals surface area contributed by atoms with Crippen LogP contribution in [0.5, 0.6) is 5.75 Å². The molecule has 0 aliphatic carbocycles. The van der Waals surface area contributed by atoms with E-state index in [1.165, 1.54) is 44.2 Å². The van der Waals surface area contributed by atoms with Crippen LogP contribution in [-0.4, -0.2) is 233 Å². The van der Waals surface area contributed by atoms with Crippen molar-refractivity contribution in [2.45, 2.75) is 227 Å². The Kier molecular flexibility index (Phi) is 34.8. The van der Waals surface area contributed by atoms with Gasteiger partial charge in [0.25, 0.3) is 0 Å². The average Bonchev–Trinajstić information content (AvgIpc) is 0.874. The Balaban J connectivity index is 1.46. The topological polar surface area (TPSA) is 400 Å². The number of carbonyl (C=O) groups excluding carboxylic acids is 9. The molecule has 8 amide bonds. The van der Waals surface area contributed by atoms with Gasteiger partial charge in [0.05, 0.1) is 49.6 Å². The minimum atomic E-state index is -2.08. The predicted octanol–water partition coefficient (Wildman–Crippen LogP) is 3.42. The van der Waals surface area contributed by atoms with E-state index in [2.05, 4.69) is 31.9 Å². The number of aliphatic hydroxyl groups excluding tert-OH is 4. The molecule has 2 fully saturated rings. The van der Waals surface area contributed by atoms with Gasteiger partial charge in [-0.25, -0.2) is 9.59 Å². The summed E-state index contributed by atoms with van der Waals surface area (Å²) in [6.07, 6.45) is -10.3. The number of methoxy groups -OCH3 is 1. The number of ether oxygens (including phenoxy) is 5. The fourth-order valence-electron chi connectivity index (χ4n) is 12.1. The summed E-state index contributed by atoms with van der Waals surface area (Å²) in [6, 6.07) is 6.85. The van der Waals surface area contributed by atoms with Gasteiger partial charge in [-0.1, -0.05) is 119 Å². The van der Waals surface area contributed by atoms with Gasteiger partial charge in [-0.3, -0.25) is 43.3 Å².